The third kappa shape index (κ3) is 3.09. The first-order valence-electron chi connectivity index (χ1n) is 9.39. The predicted molar refractivity (Wildman–Crippen MR) is 103 cm³/mol. The molecular weight excluding hydrogens is 343 g/mol. The van der Waals surface area contributed by atoms with Crippen molar-refractivity contribution in [1.29, 1.82) is 0 Å². The summed E-state index contributed by atoms with van der Waals surface area (Å²) in [6.45, 7) is 6.62. The highest BCUT2D eigenvalue weighted by atomic mass is 19.1. The van der Waals surface area contributed by atoms with E-state index in [1.165, 1.54) is 12.1 Å². The Morgan fingerprint density at radius 2 is 2.04 bits per heavy atom. The Bertz CT molecular complexity index is 1030. The molecule has 1 aliphatic rings. The van der Waals surface area contributed by atoms with Crippen molar-refractivity contribution in [3.63, 3.8) is 0 Å². The summed E-state index contributed by atoms with van der Waals surface area (Å²) in [6, 6.07) is 8.32. The molecule has 3 aromatic rings. The maximum atomic E-state index is 13.7. The summed E-state index contributed by atoms with van der Waals surface area (Å²) in [7, 11) is 0. The summed E-state index contributed by atoms with van der Waals surface area (Å²) in [5.74, 6) is -0.306. The Kier molecular flexibility index (Phi) is 4.42. The molecule has 1 amide bonds. The van der Waals surface area contributed by atoms with Crippen LogP contribution in [-0.4, -0.2) is 38.2 Å². The lowest BCUT2D eigenvalue weighted by molar-refractivity contribution is 0.0637. The third-order valence-corrected chi connectivity index (χ3v) is 5.29. The van der Waals surface area contributed by atoms with Gasteiger partial charge in [0.1, 0.15) is 5.82 Å². The molecule has 6 heteroatoms. The van der Waals surface area contributed by atoms with E-state index in [2.05, 4.69) is 17.0 Å². The van der Waals surface area contributed by atoms with Crippen molar-refractivity contribution in [2.45, 2.75) is 46.1 Å². The third-order valence-electron chi connectivity index (χ3n) is 5.29. The first-order valence-corrected chi connectivity index (χ1v) is 9.39. The summed E-state index contributed by atoms with van der Waals surface area (Å²) < 4.78 is 15.3. The second kappa shape index (κ2) is 6.76. The van der Waals surface area contributed by atoms with E-state index in [0.29, 0.717) is 16.9 Å². The average Bonchev–Trinajstić information content (AvgIpc) is 2.97. The number of fused-ring (bicyclic) bond motifs is 1. The summed E-state index contributed by atoms with van der Waals surface area (Å²) in [5, 5.41) is 5.31. The lowest BCUT2D eigenvalue weighted by atomic mass is 10.0. The number of carbonyl (C=O) groups is 1. The lowest BCUT2D eigenvalue weighted by Crippen LogP contribution is -2.42. The first-order chi connectivity index (χ1) is 13.0. The molecular formula is C21H23FN4O. The van der Waals surface area contributed by atoms with Gasteiger partial charge in [0.25, 0.3) is 5.91 Å². The normalized spacial score (nSPS) is 17.5. The molecule has 0 N–H and O–H groups in total. The molecule has 2 aromatic heterocycles. The van der Waals surface area contributed by atoms with E-state index in [1.807, 2.05) is 24.8 Å². The van der Waals surface area contributed by atoms with Crippen LogP contribution in [0.25, 0.3) is 16.7 Å². The van der Waals surface area contributed by atoms with E-state index in [-0.39, 0.29) is 17.8 Å². The van der Waals surface area contributed by atoms with E-state index in [1.54, 1.807) is 16.8 Å². The van der Waals surface area contributed by atoms with Crippen LogP contribution in [0.2, 0.25) is 0 Å². The molecule has 5 nitrogen and oxygen atoms in total. The fourth-order valence-electron chi connectivity index (χ4n) is 3.93. The largest absolute Gasteiger partial charge is 0.336 e. The number of piperidine rings is 1. The van der Waals surface area contributed by atoms with Crippen molar-refractivity contribution in [1.82, 2.24) is 19.7 Å². The minimum Gasteiger partial charge on any atom is -0.336 e. The Morgan fingerprint density at radius 1 is 1.22 bits per heavy atom. The van der Waals surface area contributed by atoms with E-state index < -0.39 is 0 Å². The van der Waals surface area contributed by atoms with Gasteiger partial charge in [-0.2, -0.15) is 5.10 Å². The van der Waals surface area contributed by atoms with Crippen molar-refractivity contribution in [2.24, 2.45) is 0 Å². The Balaban J connectivity index is 1.89. The highest BCUT2D eigenvalue weighted by Gasteiger charge is 2.27. The second-order valence-corrected chi connectivity index (χ2v) is 7.33. The summed E-state index contributed by atoms with van der Waals surface area (Å²) >= 11 is 0. The van der Waals surface area contributed by atoms with E-state index in [9.17, 15) is 9.18 Å². The van der Waals surface area contributed by atoms with E-state index in [0.717, 1.165) is 42.6 Å². The second-order valence-electron chi connectivity index (χ2n) is 7.33. The number of pyridine rings is 1. The van der Waals surface area contributed by atoms with Crippen molar-refractivity contribution in [2.75, 3.05) is 6.54 Å². The SMILES string of the molecule is Cc1cc(C(=O)N2CCCCC2C)c2c(C)nn(-c3cccc(F)c3)c2n1. The Hall–Kier alpha value is -2.76. The number of benzene rings is 1. The molecule has 140 valence electrons. The zero-order valence-electron chi connectivity index (χ0n) is 15.9. The number of likely N-dealkylation sites (tertiary alicyclic amines) is 1. The monoisotopic (exact) mass is 366 g/mol. The fourth-order valence-corrected chi connectivity index (χ4v) is 3.93. The maximum absolute atomic E-state index is 13.7. The number of aryl methyl sites for hydroxylation is 2. The van der Waals surface area contributed by atoms with Crippen LogP contribution in [0, 0.1) is 19.7 Å². The Labute approximate surface area is 157 Å². The molecule has 1 fully saturated rings. The molecule has 1 aliphatic heterocycles. The topological polar surface area (TPSA) is 51.0 Å². The van der Waals surface area contributed by atoms with Crippen LogP contribution >= 0.6 is 0 Å². The van der Waals surface area contributed by atoms with Gasteiger partial charge in [-0.25, -0.2) is 14.1 Å². The number of amides is 1. The molecule has 0 bridgehead atoms. The van der Waals surface area contributed by atoms with Crippen molar-refractivity contribution in [3.05, 3.63) is 53.1 Å². The molecule has 1 atom stereocenters. The van der Waals surface area contributed by atoms with E-state index >= 15 is 0 Å². The highest BCUT2D eigenvalue weighted by molar-refractivity contribution is 6.07. The van der Waals surface area contributed by atoms with Gasteiger partial charge < -0.3 is 4.90 Å². The lowest BCUT2D eigenvalue weighted by Gasteiger charge is -2.33. The van der Waals surface area contributed by atoms with Crippen LogP contribution in [0.1, 0.15) is 47.9 Å². The van der Waals surface area contributed by atoms with Gasteiger partial charge in [-0.1, -0.05) is 6.07 Å². The van der Waals surface area contributed by atoms with Gasteiger partial charge in [0, 0.05) is 18.3 Å². The van der Waals surface area contributed by atoms with Crippen LogP contribution in [-0.2, 0) is 0 Å². The highest BCUT2D eigenvalue weighted by Crippen LogP contribution is 2.28. The predicted octanol–water partition coefficient (Wildman–Crippen LogP) is 4.19. The molecule has 27 heavy (non-hydrogen) atoms. The first kappa shape index (κ1) is 17.6. The van der Waals surface area contributed by atoms with Gasteiger partial charge in [-0.15, -0.1) is 0 Å². The minimum atomic E-state index is -0.333. The number of carbonyl (C=O) groups excluding carboxylic acids is 1. The zero-order valence-corrected chi connectivity index (χ0v) is 15.9. The van der Waals surface area contributed by atoms with Crippen LogP contribution in [0.15, 0.2) is 30.3 Å². The van der Waals surface area contributed by atoms with Crippen molar-refractivity contribution < 1.29 is 9.18 Å². The maximum Gasteiger partial charge on any atom is 0.254 e. The van der Waals surface area contributed by atoms with Gasteiger partial charge in [-0.3, -0.25) is 4.79 Å². The minimum absolute atomic E-state index is 0.0274. The molecule has 3 heterocycles. The van der Waals surface area contributed by atoms with Gasteiger partial charge in [-0.05, 0) is 64.3 Å². The van der Waals surface area contributed by atoms with Crippen LogP contribution in [0.4, 0.5) is 4.39 Å². The summed E-state index contributed by atoms with van der Waals surface area (Å²) in [5.41, 5.74) is 3.27. The van der Waals surface area contributed by atoms with Crippen molar-refractivity contribution in [3.8, 4) is 5.69 Å². The van der Waals surface area contributed by atoms with Crippen LogP contribution in [0.5, 0.6) is 0 Å². The number of hydrogen-bond donors (Lipinski definition) is 0. The van der Waals surface area contributed by atoms with Gasteiger partial charge in [0.05, 0.1) is 22.3 Å². The van der Waals surface area contributed by atoms with Crippen molar-refractivity contribution >= 4 is 16.9 Å². The quantitative estimate of drug-likeness (QED) is 0.683. The number of aromatic nitrogens is 3. The number of halogens is 1. The number of rotatable bonds is 2. The molecule has 1 saturated heterocycles. The molecule has 0 saturated carbocycles. The average molecular weight is 366 g/mol. The number of nitrogens with zero attached hydrogens (tertiary/aromatic N) is 4. The molecule has 1 unspecified atom stereocenters. The Morgan fingerprint density at radius 3 is 2.78 bits per heavy atom. The molecule has 4 rings (SSSR count). The fraction of sp³-hybridized carbons (Fsp3) is 0.381. The van der Waals surface area contributed by atoms with Crippen LogP contribution in [0.3, 0.4) is 0 Å². The molecule has 0 spiro atoms. The smallest absolute Gasteiger partial charge is 0.254 e. The summed E-state index contributed by atoms with van der Waals surface area (Å²) in [6.07, 6.45) is 3.22. The molecule has 0 radical (unpaired) electrons. The van der Waals surface area contributed by atoms with Gasteiger partial charge in [0.15, 0.2) is 5.65 Å². The molecule has 0 aliphatic carbocycles. The van der Waals surface area contributed by atoms with Gasteiger partial charge >= 0.3 is 0 Å². The van der Waals surface area contributed by atoms with Crippen LogP contribution < -0.4 is 0 Å². The zero-order chi connectivity index (χ0) is 19.1. The standard InChI is InChI=1S/C21H23FN4O/c1-13-11-18(21(27)25-10-5-4-7-14(25)2)19-15(3)24-26(20(19)23-13)17-9-6-8-16(22)12-17/h6,8-9,11-12,14H,4-5,7,10H2,1-3H3. The van der Waals surface area contributed by atoms with Gasteiger partial charge in [0.2, 0.25) is 0 Å². The molecule has 1 aromatic carbocycles. The number of hydrogen-bond acceptors (Lipinski definition) is 3. The summed E-state index contributed by atoms with van der Waals surface area (Å²) in [4.78, 5) is 19.9. The van der Waals surface area contributed by atoms with E-state index in [4.69, 9.17) is 0 Å².